The number of hydrogen-bond donors (Lipinski definition) is 2. The number of amides is 1. The molecule has 0 unspecified atom stereocenters. The van der Waals surface area contributed by atoms with E-state index < -0.39 is 5.97 Å². The number of halogens is 1. The van der Waals surface area contributed by atoms with Crippen molar-refractivity contribution in [3.63, 3.8) is 0 Å². The van der Waals surface area contributed by atoms with E-state index in [1.165, 1.54) is 12.0 Å². The van der Waals surface area contributed by atoms with Crippen LogP contribution in [0.5, 0.6) is 0 Å². The Hall–Kier alpha value is -1.86. The molecule has 1 aliphatic heterocycles. The molecule has 2 N–H and O–H groups in total. The van der Waals surface area contributed by atoms with Gasteiger partial charge in [0.05, 0.1) is 25.8 Å². The van der Waals surface area contributed by atoms with Crippen molar-refractivity contribution >= 4 is 33.5 Å². The highest BCUT2D eigenvalue weighted by molar-refractivity contribution is 9.10. The summed E-state index contributed by atoms with van der Waals surface area (Å²) in [7, 11) is 1.27. The zero-order valence-corrected chi connectivity index (χ0v) is 13.9. The second kappa shape index (κ2) is 6.93. The predicted octanol–water partition coefficient (Wildman–Crippen LogP) is 1.43. The van der Waals surface area contributed by atoms with Crippen molar-refractivity contribution in [3.05, 3.63) is 39.5 Å². The molecule has 0 aromatic heterocycles. The number of anilines is 1. The van der Waals surface area contributed by atoms with Crippen LogP contribution in [-0.2, 0) is 14.3 Å². The molecule has 0 radical (unpaired) electrons. The van der Waals surface area contributed by atoms with Crippen LogP contribution in [0.4, 0.5) is 5.69 Å². The van der Waals surface area contributed by atoms with Gasteiger partial charge in [0.25, 0.3) is 5.91 Å². The fraction of sp³-hybridized carbons (Fsp3) is 0.333. The molecule has 118 valence electrons. The molecule has 6 nitrogen and oxygen atoms in total. The highest BCUT2D eigenvalue weighted by Crippen LogP contribution is 2.25. The van der Waals surface area contributed by atoms with Crippen molar-refractivity contribution in [2.45, 2.75) is 6.92 Å². The summed E-state index contributed by atoms with van der Waals surface area (Å²) in [5.74, 6) is -0.875. The molecule has 0 saturated carbocycles. The third-order valence-electron chi connectivity index (χ3n) is 3.38. The SMILES string of the molecule is COC(=O)C1=C(Nc2ccc(Br)c(C)c2)C(=O)N(CCO)C1. The van der Waals surface area contributed by atoms with Crippen LogP contribution in [0.25, 0.3) is 0 Å². The summed E-state index contributed by atoms with van der Waals surface area (Å²) in [4.78, 5) is 25.6. The number of benzene rings is 1. The van der Waals surface area contributed by atoms with E-state index in [1.807, 2.05) is 19.1 Å². The summed E-state index contributed by atoms with van der Waals surface area (Å²) in [6.45, 7) is 2.07. The molecule has 0 saturated heterocycles. The average molecular weight is 369 g/mol. The number of nitrogens with zero attached hydrogens (tertiary/aromatic N) is 1. The van der Waals surface area contributed by atoms with Gasteiger partial charge in [-0.15, -0.1) is 0 Å². The fourth-order valence-electron chi connectivity index (χ4n) is 2.22. The number of β-amino-alcohol motifs (C(OH)–C–C–N with tert-alkyl or cyclic N) is 1. The van der Waals surface area contributed by atoms with E-state index in [9.17, 15) is 9.59 Å². The highest BCUT2D eigenvalue weighted by atomic mass is 79.9. The standard InChI is InChI=1S/C15H17BrN2O4/c1-9-7-10(3-4-12(9)16)17-13-11(15(21)22-2)8-18(5-6-19)14(13)20/h3-4,7,17,19H,5-6,8H2,1-2H3. The zero-order chi connectivity index (χ0) is 16.3. The van der Waals surface area contributed by atoms with Crippen molar-refractivity contribution in [1.82, 2.24) is 4.90 Å². The molecule has 1 aliphatic rings. The quantitative estimate of drug-likeness (QED) is 0.768. The maximum Gasteiger partial charge on any atom is 0.337 e. The Morgan fingerprint density at radius 1 is 1.50 bits per heavy atom. The highest BCUT2D eigenvalue weighted by Gasteiger charge is 2.34. The number of aliphatic hydroxyl groups excluding tert-OH is 1. The van der Waals surface area contributed by atoms with Gasteiger partial charge in [-0.25, -0.2) is 4.79 Å². The average Bonchev–Trinajstić information content (AvgIpc) is 2.80. The van der Waals surface area contributed by atoms with Crippen LogP contribution in [0.2, 0.25) is 0 Å². The monoisotopic (exact) mass is 368 g/mol. The molecule has 0 atom stereocenters. The zero-order valence-electron chi connectivity index (χ0n) is 12.4. The summed E-state index contributed by atoms with van der Waals surface area (Å²) < 4.78 is 5.69. The Balaban J connectivity index is 2.32. The van der Waals surface area contributed by atoms with E-state index in [2.05, 4.69) is 21.2 Å². The van der Waals surface area contributed by atoms with Gasteiger partial charge in [-0.3, -0.25) is 4.79 Å². The smallest absolute Gasteiger partial charge is 0.337 e. The number of aryl methyl sites for hydroxylation is 1. The molecule has 1 aromatic carbocycles. The van der Waals surface area contributed by atoms with Crippen LogP contribution >= 0.6 is 15.9 Å². The van der Waals surface area contributed by atoms with Gasteiger partial charge in [0.2, 0.25) is 0 Å². The minimum Gasteiger partial charge on any atom is -0.466 e. The van der Waals surface area contributed by atoms with Crippen LogP contribution < -0.4 is 5.32 Å². The van der Waals surface area contributed by atoms with E-state index in [1.54, 1.807) is 6.07 Å². The van der Waals surface area contributed by atoms with Gasteiger partial charge in [-0.05, 0) is 30.7 Å². The molecule has 1 amide bonds. The maximum atomic E-state index is 12.4. The van der Waals surface area contributed by atoms with Gasteiger partial charge in [-0.2, -0.15) is 0 Å². The largest absolute Gasteiger partial charge is 0.466 e. The molecule has 1 aromatic rings. The topological polar surface area (TPSA) is 78.9 Å². The number of methoxy groups -OCH3 is 1. The van der Waals surface area contributed by atoms with E-state index in [4.69, 9.17) is 9.84 Å². The van der Waals surface area contributed by atoms with Crippen LogP contribution in [0.15, 0.2) is 33.9 Å². The number of rotatable bonds is 5. The lowest BCUT2D eigenvalue weighted by atomic mass is 10.2. The van der Waals surface area contributed by atoms with Gasteiger partial charge >= 0.3 is 5.97 Å². The molecular weight excluding hydrogens is 352 g/mol. The van der Waals surface area contributed by atoms with Crippen LogP contribution in [0.1, 0.15) is 5.56 Å². The summed E-state index contributed by atoms with van der Waals surface area (Å²) >= 11 is 3.41. The second-order valence-electron chi connectivity index (χ2n) is 4.88. The molecular formula is C15H17BrN2O4. The van der Waals surface area contributed by atoms with Crippen molar-refractivity contribution in [3.8, 4) is 0 Å². The minimum atomic E-state index is -0.551. The Bertz CT molecular complexity index is 642. The summed E-state index contributed by atoms with van der Waals surface area (Å²) in [5.41, 5.74) is 2.17. The molecule has 1 heterocycles. The first-order chi connectivity index (χ1) is 10.5. The normalized spacial score (nSPS) is 14.5. The Morgan fingerprint density at radius 3 is 2.82 bits per heavy atom. The summed E-state index contributed by atoms with van der Waals surface area (Å²) in [6.07, 6.45) is 0. The third kappa shape index (κ3) is 3.31. The van der Waals surface area contributed by atoms with E-state index in [0.717, 1.165) is 10.0 Å². The van der Waals surface area contributed by atoms with Gasteiger partial charge in [-0.1, -0.05) is 15.9 Å². The van der Waals surface area contributed by atoms with Gasteiger partial charge in [0, 0.05) is 16.7 Å². The number of carbonyl (C=O) groups is 2. The van der Waals surface area contributed by atoms with Crippen molar-refractivity contribution in [2.75, 3.05) is 32.1 Å². The number of esters is 1. The number of hydrogen-bond acceptors (Lipinski definition) is 5. The van der Waals surface area contributed by atoms with E-state index in [0.29, 0.717) is 5.69 Å². The number of aliphatic hydroxyl groups is 1. The van der Waals surface area contributed by atoms with Crippen molar-refractivity contribution in [2.24, 2.45) is 0 Å². The first-order valence-electron chi connectivity index (χ1n) is 6.72. The minimum absolute atomic E-state index is 0.129. The molecule has 0 bridgehead atoms. The fourth-order valence-corrected chi connectivity index (χ4v) is 2.46. The van der Waals surface area contributed by atoms with Crippen LogP contribution in [-0.4, -0.2) is 48.7 Å². The van der Waals surface area contributed by atoms with Crippen molar-refractivity contribution < 1.29 is 19.4 Å². The second-order valence-corrected chi connectivity index (χ2v) is 5.74. The number of ether oxygens (including phenoxy) is 1. The molecule has 22 heavy (non-hydrogen) atoms. The molecule has 0 spiro atoms. The number of nitrogens with one attached hydrogen (secondary N) is 1. The van der Waals surface area contributed by atoms with Gasteiger partial charge in [0.1, 0.15) is 5.70 Å². The lowest BCUT2D eigenvalue weighted by Crippen LogP contribution is -2.31. The summed E-state index contributed by atoms with van der Waals surface area (Å²) in [6, 6.07) is 5.54. The Kier molecular flexibility index (Phi) is 5.20. The summed E-state index contributed by atoms with van der Waals surface area (Å²) in [5, 5.41) is 12.0. The third-order valence-corrected chi connectivity index (χ3v) is 4.27. The Labute approximate surface area is 136 Å². The molecule has 0 aliphatic carbocycles. The van der Waals surface area contributed by atoms with Gasteiger partial charge < -0.3 is 20.1 Å². The maximum absolute atomic E-state index is 12.4. The van der Waals surface area contributed by atoms with Gasteiger partial charge in [0.15, 0.2) is 0 Å². The lowest BCUT2D eigenvalue weighted by molar-refractivity contribution is -0.136. The number of carbonyl (C=O) groups excluding carboxylic acids is 2. The first kappa shape index (κ1) is 16.5. The predicted molar refractivity (Wildman–Crippen MR) is 85.2 cm³/mol. The lowest BCUT2D eigenvalue weighted by Gasteiger charge is -2.15. The van der Waals surface area contributed by atoms with E-state index in [-0.39, 0.29) is 36.9 Å². The van der Waals surface area contributed by atoms with Crippen LogP contribution in [0, 0.1) is 6.92 Å². The molecule has 2 rings (SSSR count). The molecule has 0 fully saturated rings. The first-order valence-corrected chi connectivity index (χ1v) is 7.52. The molecule has 7 heteroatoms. The Morgan fingerprint density at radius 2 is 2.23 bits per heavy atom. The van der Waals surface area contributed by atoms with E-state index >= 15 is 0 Å². The van der Waals surface area contributed by atoms with Crippen LogP contribution in [0.3, 0.4) is 0 Å². The van der Waals surface area contributed by atoms with Crippen molar-refractivity contribution in [1.29, 1.82) is 0 Å².